The van der Waals surface area contributed by atoms with Crippen molar-refractivity contribution in [3.8, 4) is 0 Å². The highest BCUT2D eigenvalue weighted by molar-refractivity contribution is 5.93. The van der Waals surface area contributed by atoms with Crippen LogP contribution in [0.3, 0.4) is 0 Å². The number of aromatic nitrogens is 3. The molecule has 3 heterocycles. The van der Waals surface area contributed by atoms with Crippen molar-refractivity contribution in [1.82, 2.24) is 19.0 Å². The van der Waals surface area contributed by atoms with Crippen LogP contribution in [0.5, 0.6) is 0 Å². The van der Waals surface area contributed by atoms with Crippen molar-refractivity contribution >= 4 is 28.8 Å². The summed E-state index contributed by atoms with van der Waals surface area (Å²) in [7, 11) is 3.31. The average Bonchev–Trinajstić information content (AvgIpc) is 3.31. The van der Waals surface area contributed by atoms with Crippen LogP contribution >= 0.6 is 0 Å². The number of amides is 2. The first-order chi connectivity index (χ1) is 13.3. The molecule has 3 N–H and O–H groups in total. The van der Waals surface area contributed by atoms with Crippen LogP contribution in [0.4, 0.5) is 5.82 Å². The van der Waals surface area contributed by atoms with E-state index < -0.39 is 0 Å². The van der Waals surface area contributed by atoms with E-state index in [2.05, 4.69) is 10.3 Å². The van der Waals surface area contributed by atoms with E-state index in [1.54, 1.807) is 26.2 Å². The molecule has 2 aromatic heterocycles. The maximum Gasteiger partial charge on any atom is 0.329 e. The van der Waals surface area contributed by atoms with Crippen LogP contribution in [0, 0.1) is 11.8 Å². The van der Waals surface area contributed by atoms with Gasteiger partial charge in [-0.3, -0.25) is 18.7 Å². The third-order valence-corrected chi connectivity index (χ3v) is 6.21. The highest BCUT2D eigenvalue weighted by atomic mass is 16.2. The molecule has 4 rings (SSSR count). The number of rotatable bonds is 4. The summed E-state index contributed by atoms with van der Waals surface area (Å²) in [5.74, 6) is 1.03. The molecule has 2 aliphatic rings. The fourth-order valence-electron chi connectivity index (χ4n) is 4.53. The second-order valence-corrected chi connectivity index (χ2v) is 7.95. The predicted octanol–water partition coefficient (Wildman–Crippen LogP) is 0.186. The van der Waals surface area contributed by atoms with E-state index in [1.807, 2.05) is 4.90 Å². The second kappa shape index (κ2) is 7.05. The van der Waals surface area contributed by atoms with Gasteiger partial charge in [0.2, 0.25) is 11.8 Å². The molecule has 9 heteroatoms. The van der Waals surface area contributed by atoms with Crippen molar-refractivity contribution in [2.75, 3.05) is 18.4 Å². The van der Waals surface area contributed by atoms with E-state index in [4.69, 9.17) is 5.73 Å². The SMILES string of the molecule is Cn1c(=O)n(C)c2nc(NC(=O)CCC(=O)N3CC4CCC(N)C4C3)ccc21. The lowest BCUT2D eigenvalue weighted by Gasteiger charge is -2.18. The van der Waals surface area contributed by atoms with E-state index in [0.29, 0.717) is 35.4 Å². The molecule has 1 aliphatic heterocycles. The fourth-order valence-corrected chi connectivity index (χ4v) is 4.53. The maximum atomic E-state index is 12.4. The molecule has 2 aromatic rings. The number of carbonyl (C=O) groups is 2. The van der Waals surface area contributed by atoms with Crippen molar-refractivity contribution in [2.45, 2.75) is 31.7 Å². The van der Waals surface area contributed by atoms with Gasteiger partial charge in [0.15, 0.2) is 5.65 Å². The van der Waals surface area contributed by atoms with E-state index in [1.165, 1.54) is 9.13 Å². The fraction of sp³-hybridized carbons (Fsp3) is 0.579. The van der Waals surface area contributed by atoms with Gasteiger partial charge < -0.3 is 16.0 Å². The van der Waals surface area contributed by atoms with Crippen LogP contribution in [0.1, 0.15) is 25.7 Å². The zero-order chi connectivity index (χ0) is 20.0. The minimum absolute atomic E-state index is 0.00520. The lowest BCUT2D eigenvalue weighted by Crippen LogP contribution is -2.33. The number of imidazole rings is 1. The average molecular weight is 386 g/mol. The van der Waals surface area contributed by atoms with Gasteiger partial charge >= 0.3 is 5.69 Å². The summed E-state index contributed by atoms with van der Waals surface area (Å²) in [5, 5.41) is 2.72. The highest BCUT2D eigenvalue weighted by Crippen LogP contribution is 2.37. The van der Waals surface area contributed by atoms with E-state index in [9.17, 15) is 14.4 Å². The van der Waals surface area contributed by atoms with Gasteiger partial charge in [-0.15, -0.1) is 0 Å². The Morgan fingerprint density at radius 1 is 1.18 bits per heavy atom. The summed E-state index contributed by atoms with van der Waals surface area (Å²) in [6.45, 7) is 1.48. The molecule has 1 saturated carbocycles. The highest BCUT2D eigenvalue weighted by Gasteiger charge is 2.42. The number of nitrogens with two attached hydrogens (primary N) is 1. The van der Waals surface area contributed by atoms with Gasteiger partial charge in [-0.1, -0.05) is 0 Å². The normalized spacial score (nSPS) is 24.0. The minimum Gasteiger partial charge on any atom is -0.342 e. The first-order valence-corrected chi connectivity index (χ1v) is 9.71. The lowest BCUT2D eigenvalue weighted by atomic mass is 9.98. The third kappa shape index (κ3) is 3.19. The molecule has 28 heavy (non-hydrogen) atoms. The first kappa shape index (κ1) is 18.7. The molecule has 150 valence electrons. The Bertz CT molecular complexity index is 993. The number of nitrogens with one attached hydrogen (secondary N) is 1. The Morgan fingerprint density at radius 3 is 2.71 bits per heavy atom. The molecule has 0 aromatic carbocycles. The standard InChI is InChI=1S/C19H26N6O3/c1-23-14-5-6-15(22-18(14)24(2)19(23)28)21-16(26)7-8-17(27)25-9-11-3-4-13(20)12(11)10-25/h5-6,11-13H,3-4,7-10,20H2,1-2H3,(H,21,22,26). The molecular formula is C19H26N6O3. The molecule has 0 bridgehead atoms. The minimum atomic E-state index is -0.266. The third-order valence-electron chi connectivity index (χ3n) is 6.21. The van der Waals surface area contributed by atoms with Crippen LogP contribution in [-0.4, -0.2) is 50.0 Å². The smallest absolute Gasteiger partial charge is 0.329 e. The van der Waals surface area contributed by atoms with Crippen LogP contribution < -0.4 is 16.7 Å². The van der Waals surface area contributed by atoms with Crippen molar-refractivity contribution in [2.24, 2.45) is 31.7 Å². The van der Waals surface area contributed by atoms with Crippen LogP contribution in [0.2, 0.25) is 0 Å². The second-order valence-electron chi connectivity index (χ2n) is 7.95. The van der Waals surface area contributed by atoms with Gasteiger partial charge in [0.05, 0.1) is 5.52 Å². The molecule has 2 amide bonds. The first-order valence-electron chi connectivity index (χ1n) is 9.71. The summed E-state index contributed by atoms with van der Waals surface area (Å²) in [6.07, 6.45) is 2.41. The zero-order valence-corrected chi connectivity index (χ0v) is 16.2. The summed E-state index contributed by atoms with van der Waals surface area (Å²) in [5.41, 5.74) is 7.14. The number of likely N-dealkylation sites (tertiary alicyclic amines) is 1. The predicted molar refractivity (Wildman–Crippen MR) is 105 cm³/mol. The zero-order valence-electron chi connectivity index (χ0n) is 16.2. The quantitative estimate of drug-likeness (QED) is 0.778. The number of anilines is 1. The summed E-state index contributed by atoms with van der Waals surface area (Å²) >= 11 is 0. The summed E-state index contributed by atoms with van der Waals surface area (Å²) in [6, 6.07) is 3.60. The number of nitrogens with zero attached hydrogens (tertiary/aromatic N) is 4. The largest absolute Gasteiger partial charge is 0.342 e. The van der Waals surface area contributed by atoms with Gasteiger partial charge in [0, 0.05) is 46.1 Å². The summed E-state index contributed by atoms with van der Waals surface area (Å²) < 4.78 is 2.94. The van der Waals surface area contributed by atoms with Gasteiger partial charge in [-0.2, -0.15) is 0 Å². The van der Waals surface area contributed by atoms with Gasteiger partial charge in [0.1, 0.15) is 5.82 Å². The van der Waals surface area contributed by atoms with Crippen molar-refractivity contribution in [3.63, 3.8) is 0 Å². The number of fused-ring (bicyclic) bond motifs is 2. The molecular weight excluding hydrogens is 360 g/mol. The van der Waals surface area contributed by atoms with Crippen molar-refractivity contribution in [3.05, 3.63) is 22.6 Å². The number of hydrogen-bond donors (Lipinski definition) is 2. The van der Waals surface area contributed by atoms with Gasteiger partial charge in [-0.05, 0) is 36.8 Å². The van der Waals surface area contributed by atoms with E-state index in [0.717, 1.165) is 19.4 Å². The topological polar surface area (TPSA) is 115 Å². The van der Waals surface area contributed by atoms with E-state index in [-0.39, 0.29) is 36.4 Å². The van der Waals surface area contributed by atoms with Gasteiger partial charge in [-0.25, -0.2) is 9.78 Å². The Labute approximate surface area is 162 Å². The number of hydrogen-bond acceptors (Lipinski definition) is 5. The Morgan fingerprint density at radius 2 is 1.96 bits per heavy atom. The van der Waals surface area contributed by atoms with E-state index >= 15 is 0 Å². The molecule has 3 unspecified atom stereocenters. The molecule has 9 nitrogen and oxygen atoms in total. The molecule has 3 atom stereocenters. The monoisotopic (exact) mass is 386 g/mol. The summed E-state index contributed by atoms with van der Waals surface area (Å²) in [4.78, 5) is 42.9. The van der Waals surface area contributed by atoms with Gasteiger partial charge in [0.25, 0.3) is 0 Å². The Hall–Kier alpha value is -2.68. The van der Waals surface area contributed by atoms with Crippen molar-refractivity contribution in [1.29, 1.82) is 0 Å². The Kier molecular flexibility index (Phi) is 4.70. The molecule has 0 radical (unpaired) electrons. The number of pyridine rings is 1. The van der Waals surface area contributed by atoms with Crippen LogP contribution in [0.15, 0.2) is 16.9 Å². The molecule has 1 saturated heterocycles. The Balaban J connectivity index is 1.33. The van der Waals surface area contributed by atoms with Crippen LogP contribution in [-0.2, 0) is 23.7 Å². The molecule has 1 aliphatic carbocycles. The van der Waals surface area contributed by atoms with Crippen LogP contribution in [0.25, 0.3) is 11.2 Å². The number of carbonyl (C=O) groups excluding carboxylic acids is 2. The van der Waals surface area contributed by atoms with Crippen molar-refractivity contribution < 1.29 is 9.59 Å². The molecule has 2 fully saturated rings. The lowest BCUT2D eigenvalue weighted by molar-refractivity contribution is -0.132. The molecule has 0 spiro atoms. The number of aryl methyl sites for hydroxylation is 2. The maximum absolute atomic E-state index is 12.4.